The lowest BCUT2D eigenvalue weighted by Crippen LogP contribution is -2.63. The first-order chi connectivity index (χ1) is 14.1. The summed E-state index contributed by atoms with van der Waals surface area (Å²) in [5, 5.41) is 24.9. The Labute approximate surface area is 177 Å². The van der Waals surface area contributed by atoms with Gasteiger partial charge in [0.25, 0.3) is 5.91 Å². The molecule has 0 aliphatic carbocycles. The Morgan fingerprint density at radius 1 is 1.43 bits per heavy atom. The fraction of sp³-hybridized carbons (Fsp3) is 0.667. The number of ether oxygens (including phenoxy) is 1. The van der Waals surface area contributed by atoms with Crippen LogP contribution in [0.1, 0.15) is 20.3 Å². The molecule has 3 heterocycles. The van der Waals surface area contributed by atoms with E-state index in [1.165, 1.54) is 16.7 Å². The lowest BCUT2D eigenvalue weighted by Gasteiger charge is -2.46. The molecule has 0 unspecified atom stereocenters. The number of nitrogens with zero attached hydrogens (tertiary/aromatic N) is 1. The topological polar surface area (TPSA) is 171 Å². The van der Waals surface area contributed by atoms with Crippen LogP contribution in [0.4, 0.5) is 4.79 Å². The SMILES string of the molecule is C[C@@H](O)[C@H]1C(=O)N2C(C(=O)O)=C(S[C@@H]3CN[C@H](COCC(=O)NC(N)=O)C3)[C@H](C)[C@H]12. The first-order valence-electron chi connectivity index (χ1n) is 9.67. The number of hydrogen-bond acceptors (Lipinski definition) is 8. The number of rotatable bonds is 8. The molecule has 0 aromatic rings. The summed E-state index contributed by atoms with van der Waals surface area (Å²) < 4.78 is 5.30. The minimum Gasteiger partial charge on any atom is -0.477 e. The molecule has 0 radical (unpaired) electrons. The molecule has 0 spiro atoms. The lowest BCUT2D eigenvalue weighted by molar-refractivity contribution is -0.163. The van der Waals surface area contributed by atoms with Crippen molar-refractivity contribution in [1.82, 2.24) is 15.5 Å². The highest BCUT2D eigenvalue weighted by Gasteiger charge is 2.60. The van der Waals surface area contributed by atoms with E-state index < -0.39 is 29.9 Å². The minimum absolute atomic E-state index is 0.0159. The number of carboxylic acid groups (broad SMARTS) is 1. The average Bonchev–Trinajstić information content (AvgIpc) is 3.16. The number of aliphatic carboxylic acids is 1. The van der Waals surface area contributed by atoms with Gasteiger partial charge in [0.2, 0.25) is 5.91 Å². The van der Waals surface area contributed by atoms with E-state index in [9.17, 15) is 29.4 Å². The second kappa shape index (κ2) is 8.92. The number of carbonyl (C=O) groups excluding carboxylic acids is 3. The van der Waals surface area contributed by atoms with Gasteiger partial charge in [0.1, 0.15) is 12.3 Å². The third kappa shape index (κ3) is 4.31. The van der Waals surface area contributed by atoms with Crippen molar-refractivity contribution in [3.63, 3.8) is 0 Å². The van der Waals surface area contributed by atoms with Crippen LogP contribution in [0.5, 0.6) is 0 Å². The number of carboxylic acids is 1. The number of fused-ring (bicyclic) bond motifs is 1. The van der Waals surface area contributed by atoms with E-state index in [2.05, 4.69) is 5.32 Å². The number of nitrogens with one attached hydrogen (secondary N) is 2. The van der Waals surface area contributed by atoms with Crippen molar-refractivity contribution in [3.8, 4) is 0 Å². The monoisotopic (exact) mass is 442 g/mol. The second-order valence-corrected chi connectivity index (χ2v) is 9.12. The number of thioether (sulfide) groups is 1. The molecule has 12 heteroatoms. The zero-order valence-corrected chi connectivity index (χ0v) is 17.5. The Kier molecular flexibility index (Phi) is 6.70. The van der Waals surface area contributed by atoms with Crippen LogP contribution in [0.2, 0.25) is 0 Å². The van der Waals surface area contributed by atoms with Crippen LogP contribution in [-0.4, -0.2) is 82.1 Å². The van der Waals surface area contributed by atoms with E-state index in [1.54, 1.807) is 6.92 Å². The fourth-order valence-corrected chi connectivity index (χ4v) is 5.84. The van der Waals surface area contributed by atoms with Gasteiger partial charge in [-0.05, 0) is 13.3 Å². The van der Waals surface area contributed by atoms with Crippen LogP contribution in [0.3, 0.4) is 0 Å². The van der Waals surface area contributed by atoms with Crippen LogP contribution in [0, 0.1) is 11.8 Å². The highest BCUT2D eigenvalue weighted by molar-refractivity contribution is 8.03. The first-order valence-corrected chi connectivity index (χ1v) is 10.6. The maximum atomic E-state index is 12.4. The maximum absolute atomic E-state index is 12.4. The zero-order chi connectivity index (χ0) is 22.2. The van der Waals surface area contributed by atoms with Gasteiger partial charge in [0.15, 0.2) is 0 Å². The normalized spacial score (nSPS) is 31.4. The summed E-state index contributed by atoms with van der Waals surface area (Å²) in [5.74, 6) is -2.87. The molecule has 0 bridgehead atoms. The Morgan fingerprint density at radius 3 is 2.73 bits per heavy atom. The molecule has 3 aliphatic rings. The molecule has 6 atom stereocenters. The highest BCUT2D eigenvalue weighted by Crippen LogP contribution is 2.51. The van der Waals surface area contributed by atoms with Crippen molar-refractivity contribution < 1.29 is 34.1 Å². The summed E-state index contributed by atoms with van der Waals surface area (Å²) in [6, 6.07) is -1.30. The first kappa shape index (κ1) is 22.5. The average molecular weight is 442 g/mol. The van der Waals surface area contributed by atoms with Gasteiger partial charge in [-0.2, -0.15) is 0 Å². The predicted octanol–water partition coefficient (Wildman–Crippen LogP) is -1.18. The van der Waals surface area contributed by atoms with Gasteiger partial charge in [0, 0.05) is 28.7 Å². The molecule has 4 amide bonds. The third-order valence-electron chi connectivity index (χ3n) is 5.60. The molecule has 0 saturated carbocycles. The fourth-order valence-electron chi connectivity index (χ4n) is 4.32. The van der Waals surface area contributed by atoms with E-state index in [1.807, 2.05) is 12.2 Å². The van der Waals surface area contributed by atoms with E-state index in [4.69, 9.17) is 10.5 Å². The largest absolute Gasteiger partial charge is 0.477 e. The van der Waals surface area contributed by atoms with Crippen molar-refractivity contribution >= 4 is 35.6 Å². The van der Waals surface area contributed by atoms with E-state index in [-0.39, 0.29) is 48.1 Å². The summed E-state index contributed by atoms with van der Waals surface area (Å²) in [6.07, 6.45) is -0.147. The number of imide groups is 1. The summed E-state index contributed by atoms with van der Waals surface area (Å²) >= 11 is 1.44. The number of hydrogen-bond donors (Lipinski definition) is 5. The van der Waals surface area contributed by atoms with Gasteiger partial charge in [-0.25, -0.2) is 9.59 Å². The van der Waals surface area contributed by atoms with Crippen molar-refractivity contribution in [2.75, 3.05) is 19.8 Å². The van der Waals surface area contributed by atoms with Crippen LogP contribution >= 0.6 is 11.8 Å². The van der Waals surface area contributed by atoms with Gasteiger partial charge in [0.05, 0.1) is 24.7 Å². The van der Waals surface area contributed by atoms with Gasteiger partial charge in [-0.3, -0.25) is 14.9 Å². The molecule has 2 saturated heterocycles. The molecular weight excluding hydrogens is 416 g/mol. The van der Waals surface area contributed by atoms with Crippen LogP contribution in [0.25, 0.3) is 0 Å². The third-order valence-corrected chi connectivity index (χ3v) is 7.11. The predicted molar refractivity (Wildman–Crippen MR) is 106 cm³/mol. The van der Waals surface area contributed by atoms with Gasteiger partial charge in [-0.15, -0.1) is 11.8 Å². The van der Waals surface area contributed by atoms with Crippen molar-refractivity contribution in [2.24, 2.45) is 17.6 Å². The molecule has 0 aromatic carbocycles. The van der Waals surface area contributed by atoms with Crippen LogP contribution in [-0.2, 0) is 19.1 Å². The van der Waals surface area contributed by atoms with Gasteiger partial charge >= 0.3 is 12.0 Å². The number of urea groups is 1. The second-order valence-electron chi connectivity index (χ2n) is 7.78. The maximum Gasteiger partial charge on any atom is 0.353 e. The van der Waals surface area contributed by atoms with Gasteiger partial charge in [-0.1, -0.05) is 6.92 Å². The highest BCUT2D eigenvalue weighted by atomic mass is 32.2. The van der Waals surface area contributed by atoms with Crippen molar-refractivity contribution in [3.05, 3.63) is 10.6 Å². The minimum atomic E-state index is -1.14. The van der Waals surface area contributed by atoms with E-state index in [0.717, 1.165) is 0 Å². The van der Waals surface area contributed by atoms with Gasteiger partial charge < -0.3 is 30.9 Å². The summed E-state index contributed by atoms with van der Waals surface area (Å²) in [6.45, 7) is 4.02. The van der Waals surface area contributed by atoms with E-state index in [0.29, 0.717) is 17.9 Å². The molecule has 30 heavy (non-hydrogen) atoms. The molecule has 3 rings (SSSR count). The summed E-state index contributed by atoms with van der Waals surface area (Å²) in [4.78, 5) is 48.2. The number of carbonyl (C=O) groups is 4. The number of nitrogens with two attached hydrogens (primary N) is 1. The van der Waals surface area contributed by atoms with Crippen molar-refractivity contribution in [2.45, 2.75) is 43.7 Å². The molecule has 11 nitrogen and oxygen atoms in total. The molecular formula is C18H26N4O7S. The summed E-state index contributed by atoms with van der Waals surface area (Å²) in [7, 11) is 0. The molecule has 166 valence electrons. The number of aliphatic hydroxyl groups is 1. The standard InChI is InChI=1S/C18H26N4O7S/c1-7-13-12(8(2)23)16(25)22(13)14(17(26)27)15(7)30-10-3-9(20-4-10)5-29-6-11(24)21-18(19)28/h7-10,12-13,20,23H,3-6H2,1-2H3,(H,26,27)(H3,19,21,24,28)/t7-,8-,9+,10+,12-,13-/m1/s1. The Hall–Kier alpha value is -2.15. The smallest absolute Gasteiger partial charge is 0.353 e. The molecule has 0 aromatic heterocycles. The number of amides is 4. The van der Waals surface area contributed by atoms with E-state index >= 15 is 0 Å². The quantitative estimate of drug-likeness (QED) is 0.290. The Morgan fingerprint density at radius 2 is 2.13 bits per heavy atom. The molecule has 2 fully saturated rings. The molecule has 3 aliphatic heterocycles. The number of β-lactam (4-membered cyclic amide) rings is 1. The Bertz CT molecular complexity index is 786. The zero-order valence-electron chi connectivity index (χ0n) is 16.7. The number of aliphatic hydroxyl groups excluding tert-OH is 1. The molecule has 6 N–H and O–H groups in total. The Balaban J connectivity index is 1.57. The van der Waals surface area contributed by atoms with Crippen molar-refractivity contribution in [1.29, 1.82) is 0 Å². The number of primary amides is 1. The van der Waals surface area contributed by atoms with Crippen LogP contribution in [0.15, 0.2) is 10.6 Å². The summed E-state index contributed by atoms with van der Waals surface area (Å²) in [5.41, 5.74) is 4.87. The van der Waals surface area contributed by atoms with Crippen LogP contribution < -0.4 is 16.4 Å². The lowest BCUT2D eigenvalue weighted by atomic mass is 9.79.